The van der Waals surface area contributed by atoms with Gasteiger partial charge in [-0.1, -0.05) is 18.6 Å². The monoisotopic (exact) mass is 378 g/mol. The van der Waals surface area contributed by atoms with Gasteiger partial charge < -0.3 is 15.4 Å². The van der Waals surface area contributed by atoms with E-state index in [0.717, 1.165) is 50.4 Å². The molecule has 4 atom stereocenters. The molecule has 3 fully saturated rings. The quantitative estimate of drug-likeness (QED) is 0.826. The van der Waals surface area contributed by atoms with Gasteiger partial charge in [0.05, 0.1) is 12.5 Å². The molecule has 2 aliphatic carbocycles. The van der Waals surface area contributed by atoms with Crippen LogP contribution in [0.1, 0.15) is 44.1 Å². The Morgan fingerprint density at radius 2 is 2.23 bits per heavy atom. The lowest BCUT2D eigenvalue weighted by Crippen LogP contribution is -2.53. The Kier molecular flexibility index (Phi) is 6.13. The number of amides is 1. The third kappa shape index (κ3) is 3.72. The number of nitrogens with one attached hydrogen (secondary N) is 2. The van der Waals surface area contributed by atoms with Gasteiger partial charge in [0.2, 0.25) is 5.91 Å². The molecule has 3 aliphatic rings. The van der Waals surface area contributed by atoms with Crippen molar-refractivity contribution in [1.29, 1.82) is 0 Å². The van der Waals surface area contributed by atoms with Crippen LogP contribution in [-0.4, -0.2) is 32.1 Å². The lowest BCUT2D eigenvalue weighted by atomic mass is 9.68. The van der Waals surface area contributed by atoms with E-state index in [1.165, 1.54) is 24.8 Å². The molecule has 5 heteroatoms. The molecular formula is C21H31ClN2O2. The molecule has 144 valence electrons. The summed E-state index contributed by atoms with van der Waals surface area (Å²) in [5.74, 6) is 2.47. The summed E-state index contributed by atoms with van der Waals surface area (Å²) in [4.78, 5) is 13.4. The Morgan fingerprint density at radius 3 is 2.88 bits per heavy atom. The molecular weight excluding hydrogens is 348 g/mol. The van der Waals surface area contributed by atoms with Crippen molar-refractivity contribution < 1.29 is 9.53 Å². The predicted octanol–water partition coefficient (Wildman–Crippen LogP) is 3.33. The van der Waals surface area contributed by atoms with Gasteiger partial charge in [0.25, 0.3) is 0 Å². The van der Waals surface area contributed by atoms with Crippen LogP contribution in [0.2, 0.25) is 0 Å². The third-order valence-corrected chi connectivity index (χ3v) is 6.71. The number of methoxy groups -OCH3 is 1. The number of piperidine rings is 1. The van der Waals surface area contributed by atoms with E-state index in [0.29, 0.717) is 17.9 Å². The fourth-order valence-corrected chi connectivity index (χ4v) is 5.47. The van der Waals surface area contributed by atoms with Crippen LogP contribution in [-0.2, 0) is 11.2 Å². The molecule has 1 saturated heterocycles. The Bertz CT molecular complexity index is 632. The molecule has 1 aromatic rings. The first kappa shape index (κ1) is 19.5. The van der Waals surface area contributed by atoms with Crippen LogP contribution in [0.4, 0.5) is 0 Å². The van der Waals surface area contributed by atoms with Crippen LogP contribution >= 0.6 is 12.4 Å². The van der Waals surface area contributed by atoms with Crippen LogP contribution < -0.4 is 15.4 Å². The highest BCUT2D eigenvalue weighted by Crippen LogP contribution is 2.57. The predicted molar refractivity (Wildman–Crippen MR) is 106 cm³/mol. The maximum Gasteiger partial charge on any atom is 0.227 e. The van der Waals surface area contributed by atoms with E-state index in [4.69, 9.17) is 4.74 Å². The van der Waals surface area contributed by atoms with Crippen molar-refractivity contribution in [3.8, 4) is 5.75 Å². The number of hydrogen-bond acceptors (Lipinski definition) is 3. The molecule has 1 heterocycles. The first-order chi connectivity index (χ1) is 12.2. The summed E-state index contributed by atoms with van der Waals surface area (Å²) in [6, 6.07) is 8.56. The van der Waals surface area contributed by atoms with Gasteiger partial charge in [0.15, 0.2) is 0 Å². The van der Waals surface area contributed by atoms with Gasteiger partial charge in [-0.25, -0.2) is 0 Å². The van der Waals surface area contributed by atoms with E-state index in [1.807, 2.05) is 12.1 Å². The van der Waals surface area contributed by atoms with Gasteiger partial charge in [-0.3, -0.25) is 4.79 Å². The number of halogens is 1. The molecule has 1 aromatic carbocycles. The van der Waals surface area contributed by atoms with Crippen molar-refractivity contribution in [2.24, 2.45) is 17.3 Å². The molecule has 4 rings (SSSR count). The molecule has 0 aromatic heterocycles. The zero-order valence-corrected chi connectivity index (χ0v) is 16.4. The van der Waals surface area contributed by atoms with E-state index in [2.05, 4.69) is 22.8 Å². The number of carbonyl (C=O) groups excluding carboxylic acids is 1. The minimum absolute atomic E-state index is 0. The summed E-state index contributed by atoms with van der Waals surface area (Å²) >= 11 is 0. The normalized spacial score (nSPS) is 32.7. The van der Waals surface area contributed by atoms with Crippen molar-refractivity contribution >= 4 is 18.3 Å². The second-order valence-corrected chi connectivity index (χ2v) is 8.28. The van der Waals surface area contributed by atoms with Gasteiger partial charge in [-0.2, -0.15) is 0 Å². The average Bonchev–Trinajstić information content (AvgIpc) is 3.24. The van der Waals surface area contributed by atoms with Crippen molar-refractivity contribution in [3.05, 3.63) is 29.8 Å². The summed E-state index contributed by atoms with van der Waals surface area (Å²) in [5.41, 5.74) is 1.01. The Labute approximate surface area is 162 Å². The minimum Gasteiger partial charge on any atom is -0.497 e. The minimum atomic E-state index is -0.216. The summed E-state index contributed by atoms with van der Waals surface area (Å²) in [5, 5.41) is 6.81. The van der Waals surface area contributed by atoms with Crippen LogP contribution in [0.25, 0.3) is 0 Å². The number of fused-ring (bicyclic) bond motifs is 2. The van der Waals surface area contributed by atoms with Crippen molar-refractivity contribution in [1.82, 2.24) is 10.6 Å². The average molecular weight is 379 g/mol. The number of carbonyl (C=O) groups is 1. The van der Waals surface area contributed by atoms with Crippen molar-refractivity contribution in [2.45, 2.75) is 51.0 Å². The number of ether oxygens (including phenoxy) is 1. The Morgan fingerprint density at radius 1 is 1.35 bits per heavy atom. The van der Waals surface area contributed by atoms with Gasteiger partial charge in [0.1, 0.15) is 5.75 Å². The smallest absolute Gasteiger partial charge is 0.227 e. The van der Waals surface area contributed by atoms with Crippen LogP contribution in [0.5, 0.6) is 5.75 Å². The molecule has 0 spiro atoms. The highest BCUT2D eigenvalue weighted by Gasteiger charge is 2.55. The summed E-state index contributed by atoms with van der Waals surface area (Å²) in [6.07, 6.45) is 7.91. The summed E-state index contributed by atoms with van der Waals surface area (Å²) in [6.45, 7) is 1.99. The van der Waals surface area contributed by atoms with E-state index in [9.17, 15) is 4.79 Å². The highest BCUT2D eigenvalue weighted by atomic mass is 35.5. The molecule has 4 unspecified atom stereocenters. The zero-order chi connectivity index (χ0) is 17.3. The largest absolute Gasteiger partial charge is 0.497 e. The second-order valence-electron chi connectivity index (χ2n) is 8.28. The van der Waals surface area contributed by atoms with Gasteiger partial charge in [0, 0.05) is 12.6 Å². The van der Waals surface area contributed by atoms with Crippen LogP contribution in [0.3, 0.4) is 0 Å². The lowest BCUT2D eigenvalue weighted by Gasteiger charge is -2.38. The SMILES string of the molecule is COc1cccc(CC2(C(=O)NC3CCCNC3)CC3CCC2C3)c1.Cl. The number of rotatable bonds is 5. The van der Waals surface area contributed by atoms with Gasteiger partial charge in [-0.15, -0.1) is 12.4 Å². The number of benzene rings is 1. The molecule has 1 aliphatic heterocycles. The third-order valence-electron chi connectivity index (χ3n) is 6.71. The maximum atomic E-state index is 13.4. The molecule has 0 radical (unpaired) electrons. The van der Waals surface area contributed by atoms with Crippen molar-refractivity contribution in [2.75, 3.05) is 20.2 Å². The maximum absolute atomic E-state index is 13.4. The molecule has 1 amide bonds. The number of hydrogen-bond donors (Lipinski definition) is 2. The Balaban J connectivity index is 0.00000196. The summed E-state index contributed by atoms with van der Waals surface area (Å²) in [7, 11) is 1.70. The van der Waals surface area contributed by atoms with Gasteiger partial charge >= 0.3 is 0 Å². The van der Waals surface area contributed by atoms with E-state index in [-0.39, 0.29) is 17.8 Å². The van der Waals surface area contributed by atoms with Crippen LogP contribution in [0.15, 0.2) is 24.3 Å². The molecule has 2 saturated carbocycles. The van der Waals surface area contributed by atoms with E-state index < -0.39 is 0 Å². The molecule has 2 bridgehead atoms. The standard InChI is InChI=1S/C21H30N2O2.ClH/c1-25-19-6-2-4-15(11-19)12-21(13-16-7-8-17(21)10-16)20(24)23-18-5-3-9-22-14-18;/h2,4,6,11,16-18,22H,3,5,7-10,12-14H2,1H3,(H,23,24);1H. The summed E-state index contributed by atoms with van der Waals surface area (Å²) < 4.78 is 5.39. The zero-order valence-electron chi connectivity index (χ0n) is 15.6. The first-order valence-electron chi connectivity index (χ1n) is 9.84. The van der Waals surface area contributed by atoms with Crippen LogP contribution in [0, 0.1) is 17.3 Å². The molecule has 26 heavy (non-hydrogen) atoms. The fourth-order valence-electron chi connectivity index (χ4n) is 5.47. The second kappa shape index (κ2) is 8.18. The Hall–Kier alpha value is -1.26. The molecule has 2 N–H and O–H groups in total. The highest BCUT2D eigenvalue weighted by molar-refractivity contribution is 5.85. The van der Waals surface area contributed by atoms with E-state index in [1.54, 1.807) is 7.11 Å². The lowest BCUT2D eigenvalue weighted by molar-refractivity contribution is -0.135. The van der Waals surface area contributed by atoms with Gasteiger partial charge in [-0.05, 0) is 74.6 Å². The molecule has 4 nitrogen and oxygen atoms in total. The topological polar surface area (TPSA) is 50.4 Å². The van der Waals surface area contributed by atoms with Crippen molar-refractivity contribution in [3.63, 3.8) is 0 Å². The van der Waals surface area contributed by atoms with E-state index >= 15 is 0 Å². The first-order valence-corrected chi connectivity index (χ1v) is 9.84. The fraction of sp³-hybridized carbons (Fsp3) is 0.667.